The van der Waals surface area contributed by atoms with E-state index in [2.05, 4.69) is 13.8 Å². The molecule has 1 amide bonds. The summed E-state index contributed by atoms with van der Waals surface area (Å²) < 4.78 is 0. The monoisotopic (exact) mass is 245 g/mol. The van der Waals surface area contributed by atoms with Gasteiger partial charge < -0.3 is 10.0 Å². The zero-order chi connectivity index (χ0) is 13.8. The first kappa shape index (κ1) is 18.8. The van der Waals surface area contributed by atoms with Gasteiger partial charge in [-0.15, -0.1) is 0 Å². The number of piperidine rings is 1. The molecule has 1 aliphatic heterocycles. The molecule has 0 bridgehead atoms. The van der Waals surface area contributed by atoms with E-state index in [1.54, 1.807) is 4.90 Å². The van der Waals surface area contributed by atoms with E-state index < -0.39 is 0 Å². The van der Waals surface area contributed by atoms with Crippen LogP contribution in [0.2, 0.25) is 0 Å². The van der Waals surface area contributed by atoms with Crippen LogP contribution in [0.1, 0.15) is 54.4 Å². The van der Waals surface area contributed by atoms with Crippen molar-refractivity contribution in [1.82, 2.24) is 4.90 Å². The van der Waals surface area contributed by atoms with Gasteiger partial charge in [0.25, 0.3) is 0 Å². The lowest BCUT2D eigenvalue weighted by atomic mass is 9.87. The van der Waals surface area contributed by atoms with Crippen molar-refractivity contribution in [3.8, 4) is 0 Å². The highest BCUT2D eigenvalue weighted by Crippen LogP contribution is 2.24. The summed E-state index contributed by atoms with van der Waals surface area (Å²) in [6, 6.07) is 0. The van der Waals surface area contributed by atoms with Crippen molar-refractivity contribution in [2.45, 2.75) is 54.4 Å². The lowest BCUT2D eigenvalue weighted by molar-refractivity contribution is -0.135. The van der Waals surface area contributed by atoms with E-state index in [4.69, 9.17) is 5.11 Å². The van der Waals surface area contributed by atoms with Gasteiger partial charge in [0.15, 0.2) is 0 Å². The van der Waals surface area contributed by atoms with Gasteiger partial charge in [0.2, 0.25) is 5.91 Å². The van der Waals surface area contributed by atoms with Crippen LogP contribution < -0.4 is 0 Å². The fraction of sp³-hybridized carbons (Fsp3) is 0.929. The maximum absolute atomic E-state index is 11.1. The molecule has 0 atom stereocenters. The smallest absolute Gasteiger partial charge is 0.248 e. The summed E-state index contributed by atoms with van der Waals surface area (Å²) in [5.74, 6) is 1.34. The van der Waals surface area contributed by atoms with Crippen LogP contribution in [0.4, 0.5) is 0 Å². The summed E-state index contributed by atoms with van der Waals surface area (Å²) >= 11 is 0. The molecule has 0 radical (unpaired) electrons. The molecule has 1 aliphatic rings. The van der Waals surface area contributed by atoms with Gasteiger partial charge in [-0.3, -0.25) is 4.79 Å². The Labute approximate surface area is 107 Å². The fourth-order valence-corrected chi connectivity index (χ4v) is 1.92. The van der Waals surface area contributed by atoms with Crippen molar-refractivity contribution in [2.75, 3.05) is 19.7 Å². The maximum atomic E-state index is 11.1. The molecule has 0 aliphatic carbocycles. The van der Waals surface area contributed by atoms with Crippen LogP contribution >= 0.6 is 0 Å². The lowest BCUT2D eigenvalue weighted by Gasteiger charge is -2.33. The quantitative estimate of drug-likeness (QED) is 0.812. The van der Waals surface area contributed by atoms with Crippen molar-refractivity contribution in [3.05, 3.63) is 0 Å². The predicted octanol–water partition coefficient (Wildman–Crippen LogP) is 2.93. The number of aliphatic hydroxyl groups is 1. The predicted molar refractivity (Wildman–Crippen MR) is 73.9 cm³/mol. The van der Waals surface area contributed by atoms with Crippen molar-refractivity contribution in [2.24, 2.45) is 11.8 Å². The van der Waals surface area contributed by atoms with E-state index in [1.807, 2.05) is 27.7 Å². The molecule has 3 heteroatoms. The third kappa shape index (κ3) is 7.37. The first-order valence-corrected chi connectivity index (χ1v) is 7.03. The summed E-state index contributed by atoms with van der Waals surface area (Å²) in [7, 11) is 0. The second-order valence-corrected chi connectivity index (χ2v) is 4.12. The normalized spacial score (nSPS) is 15.6. The largest absolute Gasteiger partial charge is 0.387 e. The molecule has 17 heavy (non-hydrogen) atoms. The molecule has 104 valence electrons. The molecule has 1 heterocycles. The summed E-state index contributed by atoms with van der Waals surface area (Å²) in [4.78, 5) is 12.9. The van der Waals surface area contributed by atoms with Gasteiger partial charge in [-0.05, 0) is 24.7 Å². The standard InChI is InChI=1S/C10H19NO2.2C2H6/c1-8(2)9-3-5-11(6-4-9)10(13)7-12;2*1-2/h8-9,12H,3-7H2,1-2H3;2*1-2H3. The Hall–Kier alpha value is -0.570. The second-order valence-electron chi connectivity index (χ2n) is 4.12. The molecule has 3 nitrogen and oxygen atoms in total. The number of likely N-dealkylation sites (tertiary alicyclic amines) is 1. The molecule has 0 aromatic carbocycles. The highest BCUT2D eigenvalue weighted by molar-refractivity contribution is 5.77. The molecule has 0 aromatic heterocycles. The zero-order valence-electron chi connectivity index (χ0n) is 12.5. The summed E-state index contributed by atoms with van der Waals surface area (Å²) in [5.41, 5.74) is 0. The van der Waals surface area contributed by atoms with Crippen LogP contribution in [-0.4, -0.2) is 35.6 Å². The van der Waals surface area contributed by atoms with Crippen LogP contribution in [0, 0.1) is 11.8 Å². The van der Waals surface area contributed by atoms with E-state index >= 15 is 0 Å². The Morgan fingerprint density at radius 2 is 1.59 bits per heavy atom. The van der Waals surface area contributed by atoms with Crippen molar-refractivity contribution >= 4 is 5.91 Å². The minimum Gasteiger partial charge on any atom is -0.387 e. The number of carbonyl (C=O) groups excluding carboxylic acids is 1. The van der Waals surface area contributed by atoms with Crippen molar-refractivity contribution in [3.63, 3.8) is 0 Å². The fourth-order valence-electron chi connectivity index (χ4n) is 1.92. The Kier molecular flexibility index (Phi) is 13.2. The number of amides is 1. The van der Waals surface area contributed by atoms with Gasteiger partial charge in [-0.1, -0.05) is 41.5 Å². The minimum absolute atomic E-state index is 0.123. The van der Waals surface area contributed by atoms with Crippen molar-refractivity contribution < 1.29 is 9.90 Å². The van der Waals surface area contributed by atoms with E-state index in [-0.39, 0.29) is 12.5 Å². The number of nitrogens with zero attached hydrogens (tertiary/aromatic N) is 1. The Morgan fingerprint density at radius 1 is 1.18 bits per heavy atom. The molecule has 0 saturated carbocycles. The van der Waals surface area contributed by atoms with Crippen LogP contribution in [0.3, 0.4) is 0 Å². The highest BCUT2D eigenvalue weighted by Gasteiger charge is 2.23. The van der Waals surface area contributed by atoms with E-state index in [9.17, 15) is 4.79 Å². The minimum atomic E-state index is -0.341. The third-order valence-electron chi connectivity index (χ3n) is 2.97. The van der Waals surface area contributed by atoms with Gasteiger partial charge in [0.1, 0.15) is 6.61 Å². The lowest BCUT2D eigenvalue weighted by Crippen LogP contribution is -2.40. The Bertz CT molecular complexity index is 173. The van der Waals surface area contributed by atoms with Gasteiger partial charge in [-0.2, -0.15) is 0 Å². The molecular formula is C14H31NO2. The van der Waals surface area contributed by atoms with Gasteiger partial charge in [-0.25, -0.2) is 0 Å². The highest BCUT2D eigenvalue weighted by atomic mass is 16.3. The zero-order valence-corrected chi connectivity index (χ0v) is 12.5. The van der Waals surface area contributed by atoms with E-state index in [0.717, 1.165) is 31.8 Å². The number of carbonyl (C=O) groups is 1. The van der Waals surface area contributed by atoms with Gasteiger partial charge >= 0.3 is 0 Å². The third-order valence-corrected chi connectivity index (χ3v) is 2.97. The topological polar surface area (TPSA) is 40.5 Å². The molecule has 0 spiro atoms. The average Bonchev–Trinajstić information content (AvgIpc) is 2.42. The number of hydrogen-bond donors (Lipinski definition) is 1. The first-order chi connectivity index (χ1) is 8.15. The molecule has 1 saturated heterocycles. The van der Waals surface area contributed by atoms with Gasteiger partial charge in [0.05, 0.1) is 0 Å². The van der Waals surface area contributed by atoms with E-state index in [0.29, 0.717) is 5.92 Å². The Morgan fingerprint density at radius 3 is 1.88 bits per heavy atom. The summed E-state index contributed by atoms with van der Waals surface area (Å²) in [6.45, 7) is 13.8. The molecule has 0 unspecified atom stereocenters. The van der Waals surface area contributed by atoms with Crippen LogP contribution in [0.5, 0.6) is 0 Å². The number of rotatable bonds is 2. The van der Waals surface area contributed by atoms with Crippen LogP contribution in [0.15, 0.2) is 0 Å². The van der Waals surface area contributed by atoms with Crippen LogP contribution in [0.25, 0.3) is 0 Å². The van der Waals surface area contributed by atoms with Crippen molar-refractivity contribution in [1.29, 1.82) is 0 Å². The SMILES string of the molecule is CC.CC.CC(C)C1CCN(C(=O)CO)CC1. The average molecular weight is 245 g/mol. The van der Waals surface area contributed by atoms with Gasteiger partial charge in [0, 0.05) is 13.1 Å². The molecule has 1 N–H and O–H groups in total. The molecule has 1 rings (SSSR count). The number of hydrogen-bond acceptors (Lipinski definition) is 2. The molecule has 1 fully saturated rings. The van der Waals surface area contributed by atoms with E-state index in [1.165, 1.54) is 0 Å². The second kappa shape index (κ2) is 11.9. The maximum Gasteiger partial charge on any atom is 0.248 e. The molecular weight excluding hydrogens is 214 g/mol. The molecule has 0 aromatic rings. The number of aliphatic hydroxyl groups excluding tert-OH is 1. The van der Waals surface area contributed by atoms with Crippen LogP contribution in [-0.2, 0) is 4.79 Å². The first-order valence-electron chi connectivity index (χ1n) is 7.03. The summed E-state index contributed by atoms with van der Waals surface area (Å²) in [5, 5.41) is 8.67. The summed E-state index contributed by atoms with van der Waals surface area (Å²) in [6.07, 6.45) is 2.17. The Balaban J connectivity index is 0.